The van der Waals surface area contributed by atoms with Gasteiger partial charge in [-0.15, -0.1) is 8.78 Å². The van der Waals surface area contributed by atoms with Crippen LogP contribution in [0.3, 0.4) is 0 Å². The number of fused-ring (bicyclic) bond motifs is 1. The van der Waals surface area contributed by atoms with Crippen LogP contribution < -0.4 is 19.5 Å². The number of nitrogens with zero attached hydrogens (tertiary/aromatic N) is 1. The van der Waals surface area contributed by atoms with Crippen LogP contribution in [0.25, 0.3) is 0 Å². The summed E-state index contributed by atoms with van der Waals surface area (Å²) in [5, 5.41) is 11.3. The van der Waals surface area contributed by atoms with E-state index in [-0.39, 0.29) is 17.2 Å². The number of ether oxygens (including phenoxy) is 3. The highest BCUT2D eigenvalue weighted by molar-refractivity contribution is 5.94. The highest BCUT2D eigenvalue weighted by Crippen LogP contribution is 2.42. The lowest BCUT2D eigenvalue weighted by Crippen LogP contribution is -2.30. The number of nitrogens with one attached hydrogen (secondary N) is 1. The van der Waals surface area contributed by atoms with Crippen LogP contribution in [0.2, 0.25) is 0 Å². The minimum absolute atomic E-state index is 0.107. The summed E-state index contributed by atoms with van der Waals surface area (Å²) in [4.78, 5) is 12.2. The minimum atomic E-state index is -3.71. The summed E-state index contributed by atoms with van der Waals surface area (Å²) >= 11 is 0. The molecule has 0 radical (unpaired) electrons. The van der Waals surface area contributed by atoms with Gasteiger partial charge in [-0.2, -0.15) is 5.26 Å². The molecule has 0 fully saturated rings. The van der Waals surface area contributed by atoms with E-state index in [0.29, 0.717) is 11.3 Å². The van der Waals surface area contributed by atoms with Gasteiger partial charge in [-0.3, -0.25) is 4.79 Å². The summed E-state index contributed by atoms with van der Waals surface area (Å²) in [7, 11) is 0. The summed E-state index contributed by atoms with van der Waals surface area (Å²) in [6, 6.07) is 12.2. The first-order valence-electron chi connectivity index (χ1n) is 7.24. The number of alkyl halides is 2. The molecule has 2 aromatic carbocycles. The zero-order chi connectivity index (χ0) is 18.0. The number of nitriles is 1. The van der Waals surface area contributed by atoms with Crippen molar-refractivity contribution in [2.75, 3.05) is 5.32 Å². The maximum Gasteiger partial charge on any atom is 0.586 e. The highest BCUT2D eigenvalue weighted by Gasteiger charge is 2.43. The lowest BCUT2D eigenvalue weighted by molar-refractivity contribution is -0.286. The molecule has 1 unspecified atom stereocenters. The molecule has 8 heteroatoms. The zero-order valence-electron chi connectivity index (χ0n) is 13.0. The molecule has 1 aliphatic rings. The highest BCUT2D eigenvalue weighted by atomic mass is 19.3. The van der Waals surface area contributed by atoms with Crippen LogP contribution >= 0.6 is 0 Å². The molecule has 2 aromatic rings. The number of hydrogen-bond donors (Lipinski definition) is 1. The third-order valence-corrected chi connectivity index (χ3v) is 3.33. The van der Waals surface area contributed by atoms with Crippen molar-refractivity contribution in [2.24, 2.45) is 0 Å². The Labute approximate surface area is 141 Å². The summed E-state index contributed by atoms with van der Waals surface area (Å²) < 4.78 is 40.1. The van der Waals surface area contributed by atoms with Gasteiger partial charge in [0.05, 0.1) is 11.6 Å². The molecule has 1 heterocycles. The van der Waals surface area contributed by atoms with Crippen LogP contribution in [0.5, 0.6) is 17.2 Å². The number of anilines is 1. The number of hydrogen-bond acceptors (Lipinski definition) is 5. The summed E-state index contributed by atoms with van der Waals surface area (Å²) in [6.07, 6.45) is -4.56. The zero-order valence-corrected chi connectivity index (χ0v) is 13.0. The Balaban J connectivity index is 1.63. The van der Waals surface area contributed by atoms with Crippen molar-refractivity contribution in [1.29, 1.82) is 5.26 Å². The van der Waals surface area contributed by atoms with E-state index in [1.165, 1.54) is 25.1 Å². The van der Waals surface area contributed by atoms with Crippen molar-refractivity contribution < 1.29 is 27.8 Å². The number of carbonyl (C=O) groups excluding carboxylic acids is 1. The van der Waals surface area contributed by atoms with E-state index in [1.54, 1.807) is 24.3 Å². The second kappa shape index (κ2) is 6.28. The predicted molar refractivity (Wildman–Crippen MR) is 82.5 cm³/mol. The molecule has 6 nitrogen and oxygen atoms in total. The van der Waals surface area contributed by atoms with E-state index in [0.717, 1.165) is 0 Å². The normalized spacial score (nSPS) is 15.1. The summed E-state index contributed by atoms with van der Waals surface area (Å²) in [6.45, 7) is 1.54. The maximum atomic E-state index is 13.0. The SMILES string of the molecule is CC(Oc1ccc(C#N)cc1)C(=O)Nc1ccc2c(c1)OC(F)(F)O2. The quantitative estimate of drug-likeness (QED) is 0.919. The lowest BCUT2D eigenvalue weighted by Gasteiger charge is -2.15. The number of benzene rings is 2. The Bertz CT molecular complexity index is 847. The predicted octanol–water partition coefficient (Wildman–Crippen LogP) is 3.29. The van der Waals surface area contributed by atoms with Crippen LogP contribution in [0, 0.1) is 11.3 Å². The molecule has 1 N–H and O–H groups in total. The van der Waals surface area contributed by atoms with Gasteiger partial charge >= 0.3 is 6.29 Å². The van der Waals surface area contributed by atoms with Gasteiger partial charge in [0.2, 0.25) is 0 Å². The first-order valence-corrected chi connectivity index (χ1v) is 7.24. The fourth-order valence-corrected chi connectivity index (χ4v) is 2.14. The van der Waals surface area contributed by atoms with Crippen LogP contribution in [-0.2, 0) is 4.79 Å². The van der Waals surface area contributed by atoms with Gasteiger partial charge in [0.1, 0.15) is 5.75 Å². The molecular weight excluding hydrogens is 334 g/mol. The molecule has 0 bridgehead atoms. The van der Waals surface area contributed by atoms with E-state index in [2.05, 4.69) is 14.8 Å². The Hall–Kier alpha value is -3.34. The molecule has 25 heavy (non-hydrogen) atoms. The Morgan fingerprint density at radius 2 is 1.88 bits per heavy atom. The van der Waals surface area contributed by atoms with E-state index < -0.39 is 18.3 Å². The molecule has 1 atom stereocenters. The Morgan fingerprint density at radius 1 is 1.20 bits per heavy atom. The monoisotopic (exact) mass is 346 g/mol. The first-order chi connectivity index (χ1) is 11.9. The third-order valence-electron chi connectivity index (χ3n) is 3.33. The first kappa shape index (κ1) is 16.5. The van der Waals surface area contributed by atoms with Gasteiger partial charge in [0, 0.05) is 11.8 Å². The molecular formula is C17H12F2N2O4. The van der Waals surface area contributed by atoms with Crippen LogP contribution in [0.15, 0.2) is 42.5 Å². The Kier molecular flexibility index (Phi) is 4.15. The van der Waals surface area contributed by atoms with Gasteiger partial charge < -0.3 is 19.5 Å². The fraction of sp³-hybridized carbons (Fsp3) is 0.176. The van der Waals surface area contributed by atoms with Crippen molar-refractivity contribution in [2.45, 2.75) is 19.3 Å². The van der Waals surface area contributed by atoms with Crippen molar-refractivity contribution in [3.8, 4) is 23.3 Å². The van der Waals surface area contributed by atoms with E-state index in [9.17, 15) is 13.6 Å². The maximum absolute atomic E-state index is 13.0. The average molecular weight is 346 g/mol. The summed E-state index contributed by atoms with van der Waals surface area (Å²) in [5.74, 6) is -0.324. The molecule has 1 amide bonds. The van der Waals surface area contributed by atoms with Gasteiger partial charge in [0.25, 0.3) is 5.91 Å². The van der Waals surface area contributed by atoms with E-state index in [4.69, 9.17) is 10.00 Å². The Morgan fingerprint density at radius 3 is 2.56 bits per heavy atom. The van der Waals surface area contributed by atoms with Gasteiger partial charge in [0.15, 0.2) is 17.6 Å². The molecule has 0 spiro atoms. The standard InChI is InChI=1S/C17H12F2N2O4/c1-10(23-13-5-2-11(9-20)3-6-13)16(22)21-12-4-7-14-15(8-12)25-17(18,19)24-14/h2-8,10H,1H3,(H,21,22). The second-order valence-electron chi connectivity index (χ2n) is 5.21. The summed E-state index contributed by atoms with van der Waals surface area (Å²) in [5.41, 5.74) is 0.738. The van der Waals surface area contributed by atoms with E-state index in [1.807, 2.05) is 6.07 Å². The van der Waals surface area contributed by atoms with Crippen LogP contribution in [-0.4, -0.2) is 18.3 Å². The van der Waals surface area contributed by atoms with Gasteiger partial charge in [-0.05, 0) is 43.3 Å². The number of carbonyl (C=O) groups is 1. The second-order valence-corrected chi connectivity index (χ2v) is 5.21. The van der Waals surface area contributed by atoms with Crippen molar-refractivity contribution >= 4 is 11.6 Å². The fourth-order valence-electron chi connectivity index (χ4n) is 2.14. The third kappa shape index (κ3) is 3.77. The minimum Gasteiger partial charge on any atom is -0.481 e. The molecule has 1 aliphatic heterocycles. The average Bonchev–Trinajstić information content (AvgIpc) is 2.88. The molecule has 0 saturated carbocycles. The van der Waals surface area contributed by atoms with Gasteiger partial charge in [-0.1, -0.05) is 0 Å². The van der Waals surface area contributed by atoms with Crippen molar-refractivity contribution in [3.63, 3.8) is 0 Å². The van der Waals surface area contributed by atoms with Crippen LogP contribution in [0.1, 0.15) is 12.5 Å². The molecule has 0 saturated heterocycles. The molecule has 3 rings (SSSR count). The number of amides is 1. The smallest absolute Gasteiger partial charge is 0.481 e. The van der Waals surface area contributed by atoms with Gasteiger partial charge in [-0.25, -0.2) is 0 Å². The molecule has 128 valence electrons. The number of rotatable bonds is 4. The molecule has 0 aromatic heterocycles. The van der Waals surface area contributed by atoms with Crippen molar-refractivity contribution in [3.05, 3.63) is 48.0 Å². The topological polar surface area (TPSA) is 80.6 Å². The van der Waals surface area contributed by atoms with Crippen molar-refractivity contribution in [1.82, 2.24) is 0 Å². The van der Waals surface area contributed by atoms with Crippen LogP contribution in [0.4, 0.5) is 14.5 Å². The molecule has 0 aliphatic carbocycles. The lowest BCUT2D eigenvalue weighted by atomic mass is 10.2. The number of halogens is 2. The van der Waals surface area contributed by atoms with E-state index >= 15 is 0 Å². The largest absolute Gasteiger partial charge is 0.586 e.